The maximum atomic E-state index is 10.8. The molecule has 0 aromatic heterocycles. The highest BCUT2D eigenvalue weighted by atomic mass is 79.9. The minimum Gasteiger partial charge on any atom is -0.265 e. The number of hydrogen-bond donors (Lipinski definition) is 0. The van der Waals surface area contributed by atoms with Gasteiger partial charge in [0.05, 0.1) is 12.9 Å². The maximum absolute atomic E-state index is 10.8. The van der Waals surface area contributed by atoms with Gasteiger partial charge >= 0.3 is 0 Å². The Bertz CT molecular complexity index is 537. The Morgan fingerprint density at radius 3 is 2.81 bits per heavy atom. The summed E-state index contributed by atoms with van der Waals surface area (Å²) in [6.45, 7) is -0.160. The van der Waals surface area contributed by atoms with Crippen LogP contribution < -0.4 is 0 Å². The van der Waals surface area contributed by atoms with Gasteiger partial charge in [-0.05, 0) is 23.2 Å². The van der Waals surface area contributed by atoms with E-state index in [0.29, 0.717) is 11.3 Å². The van der Waals surface area contributed by atoms with Crippen LogP contribution in [0.25, 0.3) is 10.4 Å². The predicted molar refractivity (Wildman–Crippen MR) is 62.6 cm³/mol. The molecule has 0 radical (unpaired) electrons. The van der Waals surface area contributed by atoms with Crippen molar-refractivity contribution in [3.63, 3.8) is 0 Å². The third kappa shape index (κ3) is 4.19. The molecule has 0 aliphatic heterocycles. The number of halogens is 1. The Morgan fingerprint density at radius 2 is 2.25 bits per heavy atom. The zero-order valence-electron chi connectivity index (χ0n) is 8.29. The Balaban J connectivity index is 3.01. The first-order valence-corrected chi connectivity index (χ1v) is 6.71. The van der Waals surface area contributed by atoms with Gasteiger partial charge in [-0.15, -0.1) is 0 Å². The van der Waals surface area contributed by atoms with Crippen molar-refractivity contribution in [2.24, 2.45) is 5.11 Å². The van der Waals surface area contributed by atoms with Gasteiger partial charge in [-0.25, -0.2) is 0 Å². The van der Waals surface area contributed by atoms with Gasteiger partial charge in [0.15, 0.2) is 0 Å². The van der Waals surface area contributed by atoms with Crippen LogP contribution in [0.3, 0.4) is 0 Å². The molecular formula is C8H8BrN3O3S. The van der Waals surface area contributed by atoms with E-state index in [1.165, 1.54) is 0 Å². The van der Waals surface area contributed by atoms with Crippen LogP contribution in [0.2, 0.25) is 0 Å². The standard InChI is InChI=1S/C8H8BrN3O3S/c1-16(13,14)15-5-6-4-7(9)2-3-8(6)11-12-10/h2-4H,5H2,1H3. The molecule has 0 N–H and O–H groups in total. The van der Waals surface area contributed by atoms with Crippen LogP contribution in [0.4, 0.5) is 5.69 Å². The van der Waals surface area contributed by atoms with Crippen LogP contribution in [-0.4, -0.2) is 14.7 Å². The van der Waals surface area contributed by atoms with Crippen molar-refractivity contribution in [2.45, 2.75) is 6.61 Å². The number of azide groups is 1. The fraction of sp³-hybridized carbons (Fsp3) is 0.250. The summed E-state index contributed by atoms with van der Waals surface area (Å²) in [6, 6.07) is 4.90. The van der Waals surface area contributed by atoms with Crippen molar-refractivity contribution in [3.8, 4) is 0 Å². The van der Waals surface area contributed by atoms with Gasteiger partial charge in [-0.1, -0.05) is 27.1 Å². The third-order valence-electron chi connectivity index (χ3n) is 1.62. The smallest absolute Gasteiger partial charge is 0.264 e. The minimum absolute atomic E-state index is 0.160. The Kier molecular flexibility index (Phi) is 4.31. The highest BCUT2D eigenvalue weighted by Crippen LogP contribution is 2.24. The van der Waals surface area contributed by atoms with Crippen molar-refractivity contribution < 1.29 is 12.6 Å². The fourth-order valence-corrected chi connectivity index (χ4v) is 1.74. The SMILES string of the molecule is CS(=O)(=O)OCc1cc(Br)ccc1N=[N+]=[N-]. The number of hydrogen-bond acceptors (Lipinski definition) is 4. The molecule has 86 valence electrons. The van der Waals surface area contributed by atoms with Crippen molar-refractivity contribution in [3.05, 3.63) is 38.7 Å². The summed E-state index contributed by atoms with van der Waals surface area (Å²) >= 11 is 3.23. The molecule has 0 saturated carbocycles. The van der Waals surface area contributed by atoms with Gasteiger partial charge in [0, 0.05) is 15.1 Å². The van der Waals surface area contributed by atoms with Crippen LogP contribution in [-0.2, 0) is 20.9 Å². The van der Waals surface area contributed by atoms with Gasteiger partial charge in [0.1, 0.15) is 0 Å². The molecule has 16 heavy (non-hydrogen) atoms. The lowest BCUT2D eigenvalue weighted by Gasteiger charge is -2.05. The zero-order valence-corrected chi connectivity index (χ0v) is 10.7. The summed E-state index contributed by atoms with van der Waals surface area (Å²) in [5.74, 6) is 0. The first-order valence-electron chi connectivity index (χ1n) is 4.10. The van der Waals surface area contributed by atoms with Crippen LogP contribution >= 0.6 is 15.9 Å². The van der Waals surface area contributed by atoms with Crippen LogP contribution in [0.15, 0.2) is 27.8 Å². The second-order valence-electron chi connectivity index (χ2n) is 2.93. The van der Waals surface area contributed by atoms with E-state index in [-0.39, 0.29) is 6.61 Å². The molecule has 0 aliphatic rings. The number of rotatable bonds is 4. The summed E-state index contributed by atoms with van der Waals surface area (Å²) < 4.78 is 27.0. The predicted octanol–water partition coefficient (Wildman–Crippen LogP) is 2.87. The second kappa shape index (κ2) is 5.31. The molecule has 0 heterocycles. The molecule has 0 unspecified atom stereocenters. The van der Waals surface area contributed by atoms with Crippen molar-refractivity contribution in [1.82, 2.24) is 0 Å². The molecule has 0 amide bonds. The lowest BCUT2D eigenvalue weighted by atomic mass is 10.2. The second-order valence-corrected chi connectivity index (χ2v) is 5.49. The molecule has 0 bridgehead atoms. The molecule has 0 atom stereocenters. The van der Waals surface area contributed by atoms with Crippen LogP contribution in [0, 0.1) is 0 Å². The van der Waals surface area contributed by atoms with Crippen molar-refractivity contribution in [2.75, 3.05) is 6.26 Å². The van der Waals surface area contributed by atoms with Gasteiger partial charge in [-0.3, -0.25) is 4.18 Å². The maximum Gasteiger partial charge on any atom is 0.264 e. The lowest BCUT2D eigenvalue weighted by Crippen LogP contribution is -2.02. The first kappa shape index (κ1) is 13.0. The number of benzene rings is 1. The summed E-state index contributed by atoms with van der Waals surface area (Å²) in [7, 11) is -3.52. The van der Waals surface area contributed by atoms with E-state index in [4.69, 9.17) is 5.53 Å². The summed E-state index contributed by atoms with van der Waals surface area (Å²) in [4.78, 5) is 2.65. The molecule has 0 aliphatic carbocycles. The monoisotopic (exact) mass is 305 g/mol. The Labute approximate surface area is 101 Å². The highest BCUT2D eigenvalue weighted by Gasteiger charge is 2.06. The van der Waals surface area contributed by atoms with Gasteiger partial charge in [0.2, 0.25) is 0 Å². The Hall–Kier alpha value is -1.08. The first-order chi connectivity index (χ1) is 7.42. The van der Waals surface area contributed by atoms with E-state index >= 15 is 0 Å². The average Bonchev–Trinajstić information content (AvgIpc) is 2.17. The highest BCUT2D eigenvalue weighted by molar-refractivity contribution is 9.10. The van der Waals surface area contributed by atoms with Gasteiger partial charge in [-0.2, -0.15) is 8.42 Å². The van der Waals surface area contributed by atoms with Crippen molar-refractivity contribution in [1.29, 1.82) is 0 Å². The normalized spacial score (nSPS) is 10.9. The van der Waals surface area contributed by atoms with Crippen molar-refractivity contribution >= 4 is 31.7 Å². The van der Waals surface area contributed by atoms with E-state index in [9.17, 15) is 8.42 Å². The van der Waals surface area contributed by atoms with E-state index in [0.717, 1.165) is 10.7 Å². The Morgan fingerprint density at radius 1 is 1.56 bits per heavy atom. The molecule has 0 fully saturated rings. The molecule has 0 saturated heterocycles. The van der Waals surface area contributed by atoms with E-state index < -0.39 is 10.1 Å². The van der Waals surface area contributed by atoms with Gasteiger partial charge < -0.3 is 0 Å². The number of nitrogens with zero attached hydrogens (tertiary/aromatic N) is 3. The molecule has 8 heteroatoms. The quantitative estimate of drug-likeness (QED) is 0.370. The van der Waals surface area contributed by atoms with E-state index in [1.54, 1.807) is 18.2 Å². The molecule has 6 nitrogen and oxygen atoms in total. The minimum atomic E-state index is -3.52. The third-order valence-corrected chi connectivity index (χ3v) is 2.66. The van der Waals surface area contributed by atoms with Crippen LogP contribution in [0.5, 0.6) is 0 Å². The van der Waals surface area contributed by atoms with Crippen LogP contribution in [0.1, 0.15) is 5.56 Å². The fourth-order valence-electron chi connectivity index (χ4n) is 0.986. The largest absolute Gasteiger partial charge is 0.265 e. The van der Waals surface area contributed by atoms with E-state index in [1.807, 2.05) is 0 Å². The summed E-state index contributed by atoms with van der Waals surface area (Å²) in [6.07, 6.45) is 0.957. The molecule has 0 spiro atoms. The van der Waals surface area contributed by atoms with E-state index in [2.05, 4.69) is 30.1 Å². The molecule has 1 aromatic carbocycles. The molecular weight excluding hydrogens is 298 g/mol. The summed E-state index contributed by atoms with van der Waals surface area (Å²) in [5, 5.41) is 3.43. The average molecular weight is 306 g/mol. The zero-order chi connectivity index (χ0) is 12.2. The molecule has 1 aromatic rings. The molecule has 1 rings (SSSR count). The topological polar surface area (TPSA) is 92.1 Å². The van der Waals surface area contributed by atoms with Gasteiger partial charge in [0.25, 0.3) is 10.1 Å². The summed E-state index contributed by atoms with van der Waals surface area (Å²) in [5.41, 5.74) is 9.17. The lowest BCUT2D eigenvalue weighted by molar-refractivity contribution is 0.312.